The summed E-state index contributed by atoms with van der Waals surface area (Å²) in [5.74, 6) is 0.246. The Hall–Kier alpha value is -1.95. The van der Waals surface area contributed by atoms with Gasteiger partial charge in [-0.3, -0.25) is 14.5 Å². The standard InChI is InChI=1S/C13H12N2O3S/c14-11(19)6-18-8-3-1-7(2-4-8)15-12(16)9-5-10(9)13(15)17/h1-4,9-10H,5-6H2,(H2,14,19). The van der Waals surface area contributed by atoms with Crippen molar-refractivity contribution in [3.05, 3.63) is 24.3 Å². The molecule has 2 aliphatic rings. The predicted octanol–water partition coefficient (Wildman–Crippen LogP) is 0.861. The van der Waals surface area contributed by atoms with Gasteiger partial charge in [0.15, 0.2) is 0 Å². The van der Waals surface area contributed by atoms with Crippen molar-refractivity contribution in [1.82, 2.24) is 0 Å². The molecular weight excluding hydrogens is 264 g/mol. The minimum Gasteiger partial charge on any atom is -0.487 e. The Labute approximate surface area is 115 Å². The number of nitrogens with two attached hydrogens (primary N) is 1. The third-order valence-electron chi connectivity index (χ3n) is 3.34. The second-order valence-corrected chi connectivity index (χ2v) is 5.23. The second-order valence-electron chi connectivity index (χ2n) is 4.71. The molecule has 3 rings (SSSR count). The minimum atomic E-state index is -0.0909. The summed E-state index contributed by atoms with van der Waals surface area (Å²) in [6, 6.07) is 6.77. The van der Waals surface area contributed by atoms with E-state index in [9.17, 15) is 9.59 Å². The van der Waals surface area contributed by atoms with Gasteiger partial charge in [-0.05, 0) is 30.7 Å². The molecule has 0 bridgehead atoms. The summed E-state index contributed by atoms with van der Waals surface area (Å²) in [6.45, 7) is 0.167. The van der Waals surface area contributed by atoms with Crippen molar-refractivity contribution in [1.29, 1.82) is 0 Å². The summed E-state index contributed by atoms with van der Waals surface area (Å²) in [5.41, 5.74) is 5.92. The van der Waals surface area contributed by atoms with Crippen LogP contribution in [-0.2, 0) is 9.59 Å². The number of nitrogens with zero attached hydrogens (tertiary/aromatic N) is 1. The Morgan fingerprint density at radius 1 is 1.26 bits per heavy atom. The van der Waals surface area contributed by atoms with E-state index in [2.05, 4.69) is 0 Å². The predicted molar refractivity (Wildman–Crippen MR) is 72.8 cm³/mol. The van der Waals surface area contributed by atoms with Gasteiger partial charge in [0.25, 0.3) is 0 Å². The number of rotatable bonds is 4. The van der Waals surface area contributed by atoms with E-state index in [1.165, 1.54) is 4.90 Å². The van der Waals surface area contributed by atoms with Gasteiger partial charge in [0.1, 0.15) is 17.3 Å². The first-order valence-corrected chi connectivity index (χ1v) is 6.38. The lowest BCUT2D eigenvalue weighted by atomic mass is 10.2. The molecule has 2 N–H and O–H groups in total. The van der Waals surface area contributed by atoms with Gasteiger partial charge >= 0.3 is 0 Å². The summed E-state index contributed by atoms with van der Waals surface area (Å²) in [7, 11) is 0. The number of carbonyl (C=O) groups is 2. The Kier molecular flexibility index (Phi) is 2.74. The maximum atomic E-state index is 11.9. The number of benzene rings is 1. The van der Waals surface area contributed by atoms with Crippen LogP contribution < -0.4 is 15.4 Å². The largest absolute Gasteiger partial charge is 0.487 e. The zero-order valence-electron chi connectivity index (χ0n) is 10.0. The van der Waals surface area contributed by atoms with Crippen molar-refractivity contribution in [2.75, 3.05) is 11.5 Å². The average Bonchev–Trinajstić information content (AvgIpc) is 3.13. The van der Waals surface area contributed by atoms with Gasteiger partial charge in [-0.1, -0.05) is 12.2 Å². The van der Waals surface area contributed by atoms with Crippen LogP contribution in [-0.4, -0.2) is 23.4 Å². The zero-order chi connectivity index (χ0) is 13.6. The van der Waals surface area contributed by atoms with E-state index in [1.807, 2.05) is 0 Å². The molecule has 2 unspecified atom stereocenters. The van der Waals surface area contributed by atoms with E-state index in [4.69, 9.17) is 22.7 Å². The molecule has 0 radical (unpaired) electrons. The normalized spacial score (nSPS) is 24.3. The van der Waals surface area contributed by atoms with E-state index in [1.54, 1.807) is 24.3 Å². The Balaban J connectivity index is 1.74. The summed E-state index contributed by atoms with van der Waals surface area (Å²) in [4.78, 5) is 25.3. The van der Waals surface area contributed by atoms with Crippen LogP contribution in [0.2, 0.25) is 0 Å². The summed E-state index contributed by atoms with van der Waals surface area (Å²) in [6.07, 6.45) is 0.712. The van der Waals surface area contributed by atoms with Crippen molar-refractivity contribution < 1.29 is 14.3 Å². The van der Waals surface area contributed by atoms with E-state index in [-0.39, 0.29) is 35.2 Å². The maximum absolute atomic E-state index is 11.9. The third kappa shape index (κ3) is 2.08. The highest BCUT2D eigenvalue weighted by Gasteiger charge is 2.59. The van der Waals surface area contributed by atoms with Crippen LogP contribution in [0.15, 0.2) is 24.3 Å². The van der Waals surface area contributed by atoms with E-state index in [0.29, 0.717) is 17.9 Å². The highest BCUT2D eigenvalue weighted by atomic mass is 32.1. The van der Waals surface area contributed by atoms with Crippen molar-refractivity contribution in [3.63, 3.8) is 0 Å². The van der Waals surface area contributed by atoms with Crippen LogP contribution in [0.1, 0.15) is 6.42 Å². The van der Waals surface area contributed by atoms with Crippen molar-refractivity contribution >= 4 is 34.7 Å². The van der Waals surface area contributed by atoms with E-state index < -0.39 is 0 Å². The van der Waals surface area contributed by atoms with Gasteiger partial charge in [-0.15, -0.1) is 0 Å². The fourth-order valence-corrected chi connectivity index (χ4v) is 2.34. The minimum absolute atomic E-state index is 0.0851. The molecule has 1 saturated carbocycles. The Morgan fingerprint density at radius 2 is 1.84 bits per heavy atom. The molecule has 5 nitrogen and oxygen atoms in total. The van der Waals surface area contributed by atoms with Gasteiger partial charge in [-0.25, -0.2) is 0 Å². The number of piperidine rings is 1. The topological polar surface area (TPSA) is 72.6 Å². The quantitative estimate of drug-likeness (QED) is 0.652. The SMILES string of the molecule is NC(=S)COc1ccc(N2C(=O)C3CC3C2=O)cc1. The summed E-state index contributed by atoms with van der Waals surface area (Å²) in [5, 5.41) is 0. The molecule has 0 aromatic heterocycles. The van der Waals surface area contributed by atoms with Crippen LogP contribution in [0, 0.1) is 11.8 Å². The van der Waals surface area contributed by atoms with Gasteiger partial charge in [0, 0.05) is 0 Å². The maximum Gasteiger partial charge on any atom is 0.237 e. The molecule has 0 spiro atoms. The van der Waals surface area contributed by atoms with Crippen molar-refractivity contribution in [2.24, 2.45) is 17.6 Å². The summed E-state index contributed by atoms with van der Waals surface area (Å²) < 4.78 is 5.31. The summed E-state index contributed by atoms with van der Waals surface area (Å²) >= 11 is 4.71. The number of ether oxygens (including phenoxy) is 1. The molecule has 1 aliphatic carbocycles. The fraction of sp³-hybridized carbons (Fsp3) is 0.308. The second kappa shape index (κ2) is 4.31. The number of imide groups is 1. The molecule has 6 heteroatoms. The number of carbonyl (C=O) groups excluding carboxylic acids is 2. The van der Waals surface area contributed by atoms with E-state index in [0.717, 1.165) is 0 Å². The lowest BCUT2D eigenvalue weighted by molar-refractivity contribution is -0.123. The molecule has 2 atom stereocenters. The van der Waals surface area contributed by atoms with Gasteiger partial charge in [0.05, 0.1) is 17.5 Å². The van der Waals surface area contributed by atoms with Crippen molar-refractivity contribution in [2.45, 2.75) is 6.42 Å². The number of hydrogen-bond acceptors (Lipinski definition) is 4. The molecule has 98 valence electrons. The van der Waals surface area contributed by atoms with Crippen LogP contribution in [0.5, 0.6) is 5.75 Å². The van der Waals surface area contributed by atoms with Crippen LogP contribution in [0.4, 0.5) is 5.69 Å². The molecule has 2 amide bonds. The molecule has 1 aromatic rings. The van der Waals surface area contributed by atoms with Gasteiger partial charge in [0.2, 0.25) is 11.8 Å². The van der Waals surface area contributed by atoms with Crippen LogP contribution in [0.25, 0.3) is 0 Å². The number of fused-ring (bicyclic) bond motifs is 1. The number of thiocarbonyl (C=S) groups is 1. The van der Waals surface area contributed by atoms with E-state index >= 15 is 0 Å². The first-order chi connectivity index (χ1) is 9.08. The zero-order valence-corrected chi connectivity index (χ0v) is 10.9. The highest BCUT2D eigenvalue weighted by molar-refractivity contribution is 7.80. The van der Waals surface area contributed by atoms with Gasteiger partial charge in [-0.2, -0.15) is 0 Å². The third-order valence-corrected chi connectivity index (χ3v) is 3.46. The number of hydrogen-bond donors (Lipinski definition) is 1. The average molecular weight is 276 g/mol. The molecule has 1 heterocycles. The molecule has 1 saturated heterocycles. The molecular formula is C13H12N2O3S. The van der Waals surface area contributed by atoms with Gasteiger partial charge < -0.3 is 10.5 Å². The Bertz CT molecular complexity index is 550. The highest BCUT2D eigenvalue weighted by Crippen LogP contribution is 2.48. The lowest BCUT2D eigenvalue weighted by Gasteiger charge is -2.16. The molecule has 1 aromatic carbocycles. The van der Waals surface area contributed by atoms with Crippen LogP contribution in [0.3, 0.4) is 0 Å². The molecule has 19 heavy (non-hydrogen) atoms. The first-order valence-electron chi connectivity index (χ1n) is 5.97. The smallest absolute Gasteiger partial charge is 0.237 e. The van der Waals surface area contributed by atoms with Crippen LogP contribution >= 0.6 is 12.2 Å². The lowest BCUT2D eigenvalue weighted by Crippen LogP contribution is -2.32. The monoisotopic (exact) mass is 276 g/mol. The fourth-order valence-electron chi connectivity index (χ4n) is 2.28. The van der Waals surface area contributed by atoms with Crippen molar-refractivity contribution in [3.8, 4) is 5.75 Å². The number of anilines is 1. The number of amides is 2. The molecule has 2 fully saturated rings. The molecule has 1 aliphatic heterocycles. The Morgan fingerprint density at radius 3 is 2.37 bits per heavy atom. The first kappa shape index (κ1) is 12.1.